The van der Waals surface area contributed by atoms with E-state index in [4.69, 9.17) is 9.47 Å². The fraction of sp³-hybridized carbons (Fsp3) is 0.250. The number of phenolic OH excluding ortho intramolecular Hbond substituents is 1. The van der Waals surface area contributed by atoms with Crippen molar-refractivity contribution in [2.75, 3.05) is 17.7 Å². The second kappa shape index (κ2) is 10.7. The molecule has 2 atom stereocenters. The lowest BCUT2D eigenvalue weighted by Crippen LogP contribution is -2.23. The van der Waals surface area contributed by atoms with Crippen molar-refractivity contribution in [1.29, 1.82) is 0 Å². The number of carbonyl (C=O) groups is 2. The largest absolute Gasteiger partial charge is 0.507 e. The number of ether oxygens (including phenoxy) is 2. The van der Waals surface area contributed by atoms with Gasteiger partial charge in [0.15, 0.2) is 0 Å². The highest BCUT2D eigenvalue weighted by Gasteiger charge is 2.26. The Balaban J connectivity index is 1.86. The average Bonchev–Trinajstić information content (AvgIpc) is 2.78. The first-order valence-electron chi connectivity index (χ1n) is 9.99. The van der Waals surface area contributed by atoms with E-state index in [1.807, 2.05) is 49.4 Å². The molecule has 0 unspecified atom stereocenters. The molecule has 0 saturated carbocycles. The minimum absolute atomic E-state index is 0.0103. The van der Waals surface area contributed by atoms with Gasteiger partial charge in [0.1, 0.15) is 11.9 Å². The van der Waals surface area contributed by atoms with Gasteiger partial charge in [0.25, 0.3) is 0 Å². The zero-order valence-electron chi connectivity index (χ0n) is 17.2. The predicted octanol–water partition coefficient (Wildman–Crippen LogP) is 5.33. The number of para-hydroxylation sites is 1. The zero-order valence-corrected chi connectivity index (χ0v) is 18.0. The molecule has 0 saturated heterocycles. The molecule has 2 N–H and O–H groups in total. The number of rotatable bonds is 8. The molecule has 3 aromatic rings. The van der Waals surface area contributed by atoms with Crippen LogP contribution < -0.4 is 5.32 Å². The topological polar surface area (TPSA) is 84.9 Å². The first-order valence-corrected chi connectivity index (χ1v) is 10.6. The summed E-state index contributed by atoms with van der Waals surface area (Å²) >= 11 is 3.90. The fourth-order valence-corrected chi connectivity index (χ4v) is 3.47. The number of hydrogen-bond acceptors (Lipinski definition) is 6. The van der Waals surface area contributed by atoms with Crippen LogP contribution in [-0.2, 0) is 14.3 Å². The van der Waals surface area contributed by atoms with Gasteiger partial charge in [-0.05, 0) is 30.0 Å². The summed E-state index contributed by atoms with van der Waals surface area (Å²) in [5.74, 6) is -0.398. The van der Waals surface area contributed by atoms with Gasteiger partial charge < -0.3 is 14.6 Å². The van der Waals surface area contributed by atoms with E-state index < -0.39 is 18.2 Å². The molecule has 0 aromatic heterocycles. The lowest BCUT2D eigenvalue weighted by Gasteiger charge is -2.26. The molecule has 0 bridgehead atoms. The van der Waals surface area contributed by atoms with Crippen molar-refractivity contribution >= 4 is 41.2 Å². The molecule has 0 fully saturated rings. The molecular weight excluding hydrogens is 414 g/mol. The third-order valence-corrected chi connectivity index (χ3v) is 5.24. The quantitative estimate of drug-likeness (QED) is 0.326. The lowest BCUT2D eigenvalue weighted by molar-refractivity contribution is -0.141. The van der Waals surface area contributed by atoms with E-state index >= 15 is 0 Å². The Labute approximate surface area is 186 Å². The predicted molar refractivity (Wildman–Crippen MR) is 123 cm³/mol. The average molecular weight is 440 g/mol. The Morgan fingerprint density at radius 1 is 1.00 bits per heavy atom. The van der Waals surface area contributed by atoms with E-state index in [0.29, 0.717) is 17.5 Å². The van der Waals surface area contributed by atoms with Crippen LogP contribution in [0.3, 0.4) is 0 Å². The summed E-state index contributed by atoms with van der Waals surface area (Å²) in [5.41, 5.74) is 1.39. The van der Waals surface area contributed by atoms with Gasteiger partial charge in [0.05, 0.1) is 12.4 Å². The molecule has 31 heavy (non-hydrogen) atoms. The highest BCUT2D eigenvalue weighted by atomic mass is 32.1. The highest BCUT2D eigenvalue weighted by molar-refractivity contribution is 7.81. The maximum Gasteiger partial charge on any atom is 0.412 e. The minimum atomic E-state index is -0.621. The number of fused-ring (bicyclic) bond motifs is 1. The standard InChI is InChI=1S/C24H25NO5S/c1-16(13-14-29-22(27)15-31)23(30-24(28)25-17-7-3-2-4-8-17)20-11-12-21(26)19-10-6-5-9-18(19)20/h2-12,16,23,26,31H,13-15H2,1H3,(H,25,28)/t16-,23+/m0/s1. The van der Waals surface area contributed by atoms with Crippen LogP contribution in [0.2, 0.25) is 0 Å². The van der Waals surface area contributed by atoms with Gasteiger partial charge in [-0.15, -0.1) is 0 Å². The van der Waals surface area contributed by atoms with Crippen LogP contribution in [-0.4, -0.2) is 29.5 Å². The molecule has 0 aliphatic heterocycles. The smallest absolute Gasteiger partial charge is 0.412 e. The normalized spacial score (nSPS) is 12.7. The van der Waals surface area contributed by atoms with Crippen LogP contribution in [0.15, 0.2) is 66.7 Å². The van der Waals surface area contributed by atoms with Crippen molar-refractivity contribution in [3.8, 4) is 5.75 Å². The van der Waals surface area contributed by atoms with Crippen LogP contribution in [0.4, 0.5) is 10.5 Å². The molecule has 0 spiro atoms. The van der Waals surface area contributed by atoms with Gasteiger partial charge in [-0.2, -0.15) is 12.6 Å². The molecule has 3 aromatic carbocycles. The van der Waals surface area contributed by atoms with Crippen molar-refractivity contribution in [2.24, 2.45) is 5.92 Å². The van der Waals surface area contributed by atoms with E-state index in [2.05, 4.69) is 17.9 Å². The van der Waals surface area contributed by atoms with Crippen molar-refractivity contribution in [3.05, 3.63) is 72.3 Å². The third-order valence-electron chi connectivity index (χ3n) is 4.98. The number of phenols is 1. The summed E-state index contributed by atoms with van der Waals surface area (Å²) < 4.78 is 11.0. The van der Waals surface area contributed by atoms with E-state index in [1.165, 1.54) is 0 Å². The van der Waals surface area contributed by atoms with Crippen LogP contribution in [0.5, 0.6) is 5.75 Å². The number of nitrogens with one attached hydrogen (secondary N) is 1. The molecule has 7 heteroatoms. The SMILES string of the molecule is C[C@@H](CCOC(=O)CS)[C@@H](OC(=O)Nc1ccccc1)c1ccc(O)c2ccccc12. The summed E-state index contributed by atoms with van der Waals surface area (Å²) in [7, 11) is 0. The lowest BCUT2D eigenvalue weighted by atomic mass is 9.90. The maximum absolute atomic E-state index is 12.7. The van der Waals surface area contributed by atoms with Gasteiger partial charge in [0, 0.05) is 22.6 Å². The zero-order chi connectivity index (χ0) is 22.2. The van der Waals surface area contributed by atoms with Gasteiger partial charge in [-0.25, -0.2) is 4.79 Å². The fourth-order valence-electron chi connectivity index (χ4n) is 3.38. The highest BCUT2D eigenvalue weighted by Crippen LogP contribution is 2.37. The molecule has 0 aliphatic rings. The molecular formula is C24H25NO5S. The Hall–Kier alpha value is -3.19. The molecule has 0 aliphatic carbocycles. The summed E-state index contributed by atoms with van der Waals surface area (Å²) in [6, 6.07) is 19.8. The van der Waals surface area contributed by atoms with Crippen molar-refractivity contribution in [2.45, 2.75) is 19.4 Å². The van der Waals surface area contributed by atoms with Crippen molar-refractivity contribution in [1.82, 2.24) is 0 Å². The summed E-state index contributed by atoms with van der Waals surface area (Å²) in [5, 5.41) is 14.4. The number of anilines is 1. The number of carbonyl (C=O) groups excluding carboxylic acids is 2. The maximum atomic E-state index is 12.7. The summed E-state index contributed by atoms with van der Waals surface area (Å²) in [6.07, 6.45) is -0.727. The van der Waals surface area contributed by atoms with Crippen LogP contribution >= 0.6 is 12.6 Å². The van der Waals surface area contributed by atoms with Crippen LogP contribution in [0.1, 0.15) is 25.0 Å². The third kappa shape index (κ3) is 5.92. The number of aromatic hydroxyl groups is 1. The number of thiol groups is 1. The molecule has 6 nitrogen and oxygen atoms in total. The summed E-state index contributed by atoms with van der Waals surface area (Å²) in [6.45, 7) is 2.12. The first-order chi connectivity index (χ1) is 15.0. The number of benzene rings is 3. The van der Waals surface area contributed by atoms with Gasteiger partial charge in [-0.1, -0.05) is 55.5 Å². The van der Waals surface area contributed by atoms with Crippen molar-refractivity contribution in [3.63, 3.8) is 0 Å². The second-order valence-corrected chi connectivity index (χ2v) is 7.50. The Morgan fingerprint density at radius 3 is 2.39 bits per heavy atom. The molecule has 1 amide bonds. The Morgan fingerprint density at radius 2 is 1.68 bits per heavy atom. The number of amides is 1. The van der Waals surface area contributed by atoms with E-state index in [9.17, 15) is 14.7 Å². The monoisotopic (exact) mass is 439 g/mol. The van der Waals surface area contributed by atoms with E-state index in [-0.39, 0.29) is 24.0 Å². The molecule has 3 rings (SSSR count). The number of esters is 1. The van der Waals surface area contributed by atoms with Crippen LogP contribution in [0, 0.1) is 5.92 Å². The van der Waals surface area contributed by atoms with Gasteiger partial charge in [-0.3, -0.25) is 10.1 Å². The first kappa shape index (κ1) is 22.5. The van der Waals surface area contributed by atoms with Crippen molar-refractivity contribution < 1.29 is 24.2 Å². The van der Waals surface area contributed by atoms with Gasteiger partial charge >= 0.3 is 12.1 Å². The number of hydrogen-bond donors (Lipinski definition) is 3. The molecule has 0 heterocycles. The molecule has 0 radical (unpaired) electrons. The Kier molecular flexibility index (Phi) is 7.78. The van der Waals surface area contributed by atoms with Gasteiger partial charge in [0.2, 0.25) is 0 Å². The summed E-state index contributed by atoms with van der Waals surface area (Å²) in [4.78, 5) is 24.1. The van der Waals surface area contributed by atoms with E-state index in [0.717, 1.165) is 10.9 Å². The van der Waals surface area contributed by atoms with Crippen LogP contribution in [0.25, 0.3) is 10.8 Å². The second-order valence-electron chi connectivity index (χ2n) is 7.18. The minimum Gasteiger partial charge on any atom is -0.507 e. The van der Waals surface area contributed by atoms with E-state index in [1.54, 1.807) is 24.3 Å². The Bertz CT molecular complexity index is 1040. The molecule has 162 valence electrons.